The Kier molecular flexibility index (Phi) is 3.72. The number of imide groups is 1. The van der Waals surface area contributed by atoms with Gasteiger partial charge in [0.1, 0.15) is 11.1 Å². The molecule has 3 heterocycles. The predicted molar refractivity (Wildman–Crippen MR) is 99.4 cm³/mol. The highest BCUT2D eigenvalue weighted by atomic mass is 16.4. The Balaban J connectivity index is 1.33. The molecule has 2 atom stereocenters. The van der Waals surface area contributed by atoms with Crippen molar-refractivity contribution in [3.8, 4) is 0 Å². The van der Waals surface area contributed by atoms with E-state index in [1.165, 1.54) is 15.9 Å². The Bertz CT molecular complexity index is 1070. The molecule has 5 rings (SSSR count). The highest BCUT2D eigenvalue weighted by molar-refractivity contribution is 6.06. The van der Waals surface area contributed by atoms with Crippen molar-refractivity contribution < 1.29 is 18.8 Å². The van der Waals surface area contributed by atoms with Crippen molar-refractivity contribution in [3.63, 3.8) is 0 Å². The molecule has 3 amide bonds. The number of para-hydroxylation sites is 1. The molecular formula is C21H18N2O5. The summed E-state index contributed by atoms with van der Waals surface area (Å²) in [6.45, 7) is 0.491. The summed E-state index contributed by atoms with van der Waals surface area (Å²) in [5, 5.41) is 0.670. The first-order chi connectivity index (χ1) is 13.5. The lowest BCUT2D eigenvalue weighted by molar-refractivity contribution is -0.145. The summed E-state index contributed by atoms with van der Waals surface area (Å²) in [7, 11) is 0. The lowest BCUT2D eigenvalue weighted by Gasteiger charge is -2.43. The monoisotopic (exact) mass is 378 g/mol. The Morgan fingerprint density at radius 1 is 0.964 bits per heavy atom. The number of rotatable bonds is 2. The number of carbonyl (C=O) groups is 3. The fourth-order valence-electron chi connectivity index (χ4n) is 4.35. The van der Waals surface area contributed by atoms with Crippen molar-refractivity contribution in [1.29, 1.82) is 0 Å². The minimum atomic E-state index is -0.683. The van der Waals surface area contributed by atoms with Gasteiger partial charge in [-0.2, -0.15) is 0 Å². The summed E-state index contributed by atoms with van der Waals surface area (Å²) in [5.41, 5.74) is -0.290. The summed E-state index contributed by atoms with van der Waals surface area (Å²) >= 11 is 0. The van der Waals surface area contributed by atoms with Gasteiger partial charge in [0.05, 0.1) is 17.9 Å². The molecule has 28 heavy (non-hydrogen) atoms. The van der Waals surface area contributed by atoms with Crippen LogP contribution in [0.15, 0.2) is 51.7 Å². The lowest BCUT2D eigenvalue weighted by atomic mass is 9.85. The van der Waals surface area contributed by atoms with Crippen LogP contribution in [0.2, 0.25) is 0 Å². The van der Waals surface area contributed by atoms with Gasteiger partial charge in [-0.1, -0.05) is 30.4 Å². The summed E-state index contributed by atoms with van der Waals surface area (Å²) in [4.78, 5) is 53.0. The fourth-order valence-corrected chi connectivity index (χ4v) is 4.35. The zero-order chi connectivity index (χ0) is 19.4. The molecule has 3 aliphatic rings. The molecule has 0 N–H and O–H groups in total. The van der Waals surface area contributed by atoms with Gasteiger partial charge >= 0.3 is 5.63 Å². The first-order valence-electron chi connectivity index (χ1n) is 9.38. The molecule has 0 radical (unpaired) electrons. The molecule has 7 heteroatoms. The lowest BCUT2D eigenvalue weighted by Crippen LogP contribution is -2.62. The normalized spacial score (nSPS) is 24.6. The number of hydrogen-bond donors (Lipinski definition) is 0. The number of allylic oxidation sites excluding steroid dienone is 2. The Hall–Kier alpha value is -3.22. The molecule has 0 saturated carbocycles. The smallest absolute Gasteiger partial charge is 0.349 e. The maximum absolute atomic E-state index is 12.7. The third-order valence-corrected chi connectivity index (χ3v) is 5.93. The number of nitrogens with zero attached hydrogens (tertiary/aromatic N) is 2. The van der Waals surface area contributed by atoms with E-state index < -0.39 is 11.5 Å². The molecule has 1 aromatic heterocycles. The minimum Gasteiger partial charge on any atom is -0.422 e. The van der Waals surface area contributed by atoms with Gasteiger partial charge in [0.15, 0.2) is 0 Å². The van der Waals surface area contributed by atoms with Gasteiger partial charge in [0.2, 0.25) is 11.8 Å². The third kappa shape index (κ3) is 2.42. The Morgan fingerprint density at radius 3 is 2.29 bits per heavy atom. The standard InChI is InChI=1S/C21H18N2O5/c24-18(16-9-12-5-1-4-8-17(12)28-21(16)27)22-10-13(11-22)23-19(25)14-6-2-3-7-15(14)20(23)26/h1-5,8-9,13-15H,6-7,10-11H2/t14-,15-/m1/s1. The van der Waals surface area contributed by atoms with Crippen LogP contribution in [-0.2, 0) is 9.59 Å². The van der Waals surface area contributed by atoms with E-state index in [1.54, 1.807) is 24.3 Å². The molecule has 0 bridgehead atoms. The summed E-state index contributed by atoms with van der Waals surface area (Å²) in [5.74, 6) is -1.25. The predicted octanol–water partition coefficient (Wildman–Crippen LogP) is 1.57. The van der Waals surface area contributed by atoms with Crippen LogP contribution in [0.3, 0.4) is 0 Å². The summed E-state index contributed by atoms with van der Waals surface area (Å²) in [6.07, 6.45) is 5.09. The molecule has 142 valence electrons. The Morgan fingerprint density at radius 2 is 1.61 bits per heavy atom. The van der Waals surface area contributed by atoms with Crippen molar-refractivity contribution in [2.75, 3.05) is 13.1 Å². The molecule has 0 unspecified atom stereocenters. The van der Waals surface area contributed by atoms with Crippen LogP contribution in [-0.4, -0.2) is 46.7 Å². The maximum Gasteiger partial charge on any atom is 0.349 e. The van der Waals surface area contributed by atoms with E-state index in [9.17, 15) is 19.2 Å². The third-order valence-electron chi connectivity index (χ3n) is 5.93. The topological polar surface area (TPSA) is 87.9 Å². The second-order valence-electron chi connectivity index (χ2n) is 7.55. The van der Waals surface area contributed by atoms with Crippen molar-refractivity contribution in [2.45, 2.75) is 18.9 Å². The van der Waals surface area contributed by atoms with Crippen molar-refractivity contribution >= 4 is 28.7 Å². The molecule has 2 saturated heterocycles. The summed E-state index contributed by atoms with van der Waals surface area (Å²) < 4.78 is 5.23. The SMILES string of the molecule is O=C(c1cc2ccccc2oc1=O)N1CC(N2C(=O)[C@@H]3CC=CC[C@H]3C2=O)C1. The minimum absolute atomic E-state index is 0.0332. The number of fused-ring (bicyclic) bond motifs is 2. The fraction of sp³-hybridized carbons (Fsp3) is 0.333. The van der Waals surface area contributed by atoms with E-state index in [4.69, 9.17) is 4.42 Å². The van der Waals surface area contributed by atoms with E-state index in [0.29, 0.717) is 23.8 Å². The van der Waals surface area contributed by atoms with Crippen LogP contribution in [0.1, 0.15) is 23.2 Å². The van der Waals surface area contributed by atoms with Crippen LogP contribution in [0.25, 0.3) is 11.0 Å². The molecule has 0 spiro atoms. The number of likely N-dealkylation sites (tertiary alicyclic amines) is 2. The van der Waals surface area contributed by atoms with E-state index in [2.05, 4.69) is 0 Å². The first-order valence-corrected chi connectivity index (χ1v) is 9.38. The molecule has 1 aromatic carbocycles. The van der Waals surface area contributed by atoms with Gasteiger partial charge in [-0.25, -0.2) is 4.79 Å². The molecule has 2 aliphatic heterocycles. The zero-order valence-electron chi connectivity index (χ0n) is 15.0. The van der Waals surface area contributed by atoms with E-state index in [-0.39, 0.29) is 48.3 Å². The van der Waals surface area contributed by atoms with Gasteiger partial charge in [-0.05, 0) is 25.0 Å². The van der Waals surface area contributed by atoms with Gasteiger partial charge in [-0.15, -0.1) is 0 Å². The van der Waals surface area contributed by atoms with Crippen LogP contribution < -0.4 is 5.63 Å². The summed E-state index contributed by atoms with van der Waals surface area (Å²) in [6, 6.07) is 8.21. The average molecular weight is 378 g/mol. The molecular weight excluding hydrogens is 360 g/mol. The van der Waals surface area contributed by atoms with Crippen LogP contribution in [0, 0.1) is 11.8 Å². The maximum atomic E-state index is 12.7. The molecule has 7 nitrogen and oxygen atoms in total. The molecule has 1 aliphatic carbocycles. The zero-order valence-corrected chi connectivity index (χ0v) is 15.0. The first kappa shape index (κ1) is 16.9. The van der Waals surface area contributed by atoms with E-state index in [0.717, 1.165) is 0 Å². The van der Waals surface area contributed by atoms with Crippen molar-refractivity contribution in [2.24, 2.45) is 11.8 Å². The second kappa shape index (κ2) is 6.15. The molecule has 2 aromatic rings. The van der Waals surface area contributed by atoms with Crippen molar-refractivity contribution in [1.82, 2.24) is 9.80 Å². The largest absolute Gasteiger partial charge is 0.422 e. The van der Waals surface area contributed by atoms with Crippen LogP contribution in [0.4, 0.5) is 0 Å². The number of hydrogen-bond acceptors (Lipinski definition) is 5. The second-order valence-corrected chi connectivity index (χ2v) is 7.55. The van der Waals surface area contributed by atoms with E-state index >= 15 is 0 Å². The highest BCUT2D eigenvalue weighted by Gasteiger charge is 2.52. The van der Waals surface area contributed by atoms with Gasteiger partial charge in [0.25, 0.3) is 5.91 Å². The Labute approximate surface area is 160 Å². The number of amides is 3. The average Bonchev–Trinajstić information content (AvgIpc) is 2.92. The van der Waals surface area contributed by atoms with E-state index in [1.807, 2.05) is 12.2 Å². The van der Waals surface area contributed by atoms with Crippen LogP contribution in [0.5, 0.6) is 0 Å². The van der Waals surface area contributed by atoms with Crippen LogP contribution >= 0.6 is 0 Å². The quantitative estimate of drug-likeness (QED) is 0.450. The van der Waals surface area contributed by atoms with Gasteiger partial charge in [-0.3, -0.25) is 19.3 Å². The number of carbonyl (C=O) groups excluding carboxylic acids is 3. The van der Waals surface area contributed by atoms with Gasteiger partial charge in [0, 0.05) is 18.5 Å². The van der Waals surface area contributed by atoms with Crippen molar-refractivity contribution in [3.05, 3.63) is 58.5 Å². The van der Waals surface area contributed by atoms with Gasteiger partial charge < -0.3 is 9.32 Å². The molecule has 2 fully saturated rings. The number of benzene rings is 1. The highest BCUT2D eigenvalue weighted by Crippen LogP contribution is 2.37.